The predicted molar refractivity (Wildman–Crippen MR) is 77.6 cm³/mol. The van der Waals surface area contributed by atoms with E-state index in [1.807, 2.05) is 6.20 Å². The van der Waals surface area contributed by atoms with Crippen LogP contribution in [-0.4, -0.2) is 28.6 Å². The quantitative estimate of drug-likeness (QED) is 0.834. The Hall–Kier alpha value is -0.870. The van der Waals surface area contributed by atoms with Crippen LogP contribution in [0.2, 0.25) is 0 Å². The fraction of sp³-hybridized carbons (Fsp3) is 0.812. The molecular formula is C16H26N2O2. The van der Waals surface area contributed by atoms with Crippen molar-refractivity contribution in [2.45, 2.75) is 58.8 Å². The Bertz CT molecular complexity index is 491. The summed E-state index contributed by atoms with van der Waals surface area (Å²) in [7, 11) is 0. The summed E-state index contributed by atoms with van der Waals surface area (Å²) in [5, 5.41) is 4.62. The highest BCUT2D eigenvalue weighted by Crippen LogP contribution is 2.49. The first kappa shape index (κ1) is 14.1. The van der Waals surface area contributed by atoms with Gasteiger partial charge in [-0.25, -0.2) is 0 Å². The molecule has 3 rings (SSSR count). The van der Waals surface area contributed by atoms with Crippen LogP contribution in [0.1, 0.15) is 45.4 Å². The third-order valence-corrected chi connectivity index (χ3v) is 5.00. The van der Waals surface area contributed by atoms with Crippen LogP contribution in [-0.2, 0) is 21.6 Å². The molecule has 1 spiro atoms. The first-order chi connectivity index (χ1) is 9.41. The molecule has 0 bridgehead atoms. The van der Waals surface area contributed by atoms with Crippen molar-refractivity contribution in [2.75, 3.05) is 13.2 Å². The minimum Gasteiger partial charge on any atom is -0.378 e. The van der Waals surface area contributed by atoms with E-state index in [0.717, 1.165) is 19.6 Å². The van der Waals surface area contributed by atoms with Gasteiger partial charge in [-0.05, 0) is 24.3 Å². The first-order valence-corrected chi connectivity index (χ1v) is 7.72. The van der Waals surface area contributed by atoms with Crippen molar-refractivity contribution >= 4 is 0 Å². The van der Waals surface area contributed by atoms with Gasteiger partial charge < -0.3 is 9.47 Å². The molecule has 4 nitrogen and oxygen atoms in total. The lowest BCUT2D eigenvalue weighted by Crippen LogP contribution is -2.56. The third-order valence-electron chi connectivity index (χ3n) is 5.00. The first-order valence-electron chi connectivity index (χ1n) is 7.72. The second-order valence-electron chi connectivity index (χ2n) is 7.02. The molecule has 112 valence electrons. The van der Waals surface area contributed by atoms with Crippen molar-refractivity contribution in [1.82, 2.24) is 9.78 Å². The Morgan fingerprint density at radius 2 is 1.95 bits per heavy atom. The minimum atomic E-state index is -0.271. The van der Waals surface area contributed by atoms with Crippen molar-refractivity contribution in [3.8, 4) is 0 Å². The summed E-state index contributed by atoms with van der Waals surface area (Å²) in [5.41, 5.74) is 2.04. The summed E-state index contributed by atoms with van der Waals surface area (Å²) < 4.78 is 14.6. The number of nitrogens with zero attached hydrogens (tertiary/aromatic N) is 2. The SMILES string of the molecule is Cc1cnn2c1C(C(C)C)(C(C)C)OC1(CCOC1)C2. The molecule has 1 atom stereocenters. The van der Waals surface area contributed by atoms with Gasteiger partial charge in [0.05, 0.1) is 25.0 Å². The van der Waals surface area contributed by atoms with Crippen LogP contribution in [0.25, 0.3) is 0 Å². The van der Waals surface area contributed by atoms with Gasteiger partial charge >= 0.3 is 0 Å². The predicted octanol–water partition coefficient (Wildman–Crippen LogP) is 2.89. The van der Waals surface area contributed by atoms with Crippen LogP contribution < -0.4 is 0 Å². The van der Waals surface area contributed by atoms with Gasteiger partial charge in [-0.3, -0.25) is 4.68 Å². The Morgan fingerprint density at radius 3 is 2.50 bits per heavy atom. The zero-order valence-electron chi connectivity index (χ0n) is 13.3. The molecule has 0 saturated carbocycles. The van der Waals surface area contributed by atoms with Crippen LogP contribution in [0.5, 0.6) is 0 Å². The van der Waals surface area contributed by atoms with E-state index >= 15 is 0 Å². The molecule has 3 heterocycles. The van der Waals surface area contributed by atoms with Crippen molar-refractivity contribution in [3.63, 3.8) is 0 Å². The zero-order chi connectivity index (χ0) is 14.5. The molecule has 0 aliphatic carbocycles. The van der Waals surface area contributed by atoms with E-state index in [4.69, 9.17) is 9.47 Å². The Morgan fingerprint density at radius 1 is 1.25 bits per heavy atom. The van der Waals surface area contributed by atoms with Gasteiger partial charge in [-0.1, -0.05) is 27.7 Å². The van der Waals surface area contributed by atoms with E-state index in [1.54, 1.807) is 0 Å². The zero-order valence-corrected chi connectivity index (χ0v) is 13.3. The van der Waals surface area contributed by atoms with Crippen LogP contribution in [0.15, 0.2) is 6.20 Å². The standard InChI is InChI=1S/C16H26N2O2/c1-11(2)16(12(3)4)14-13(5)8-17-18(14)9-15(20-16)6-7-19-10-15/h8,11-12H,6-7,9-10H2,1-5H3. The van der Waals surface area contributed by atoms with Gasteiger partial charge in [-0.2, -0.15) is 5.10 Å². The Labute approximate surface area is 121 Å². The number of rotatable bonds is 2. The topological polar surface area (TPSA) is 36.3 Å². The van der Waals surface area contributed by atoms with Gasteiger partial charge in [0, 0.05) is 13.0 Å². The molecule has 1 unspecified atom stereocenters. The highest BCUT2D eigenvalue weighted by Gasteiger charge is 2.54. The van der Waals surface area contributed by atoms with Gasteiger partial charge in [0.1, 0.15) is 11.2 Å². The minimum absolute atomic E-state index is 0.194. The number of ether oxygens (including phenoxy) is 2. The average molecular weight is 278 g/mol. The molecule has 0 N–H and O–H groups in total. The Balaban J connectivity index is 2.18. The molecular weight excluding hydrogens is 252 g/mol. The van der Waals surface area contributed by atoms with Crippen LogP contribution >= 0.6 is 0 Å². The van der Waals surface area contributed by atoms with Crippen LogP contribution in [0.4, 0.5) is 0 Å². The van der Waals surface area contributed by atoms with E-state index in [2.05, 4.69) is 44.4 Å². The average Bonchev–Trinajstić information content (AvgIpc) is 2.96. The molecule has 1 saturated heterocycles. The van der Waals surface area contributed by atoms with E-state index < -0.39 is 0 Å². The molecule has 1 aromatic heterocycles. The van der Waals surface area contributed by atoms with Crippen molar-refractivity contribution < 1.29 is 9.47 Å². The normalized spacial score (nSPS) is 28.6. The maximum absolute atomic E-state index is 6.83. The maximum Gasteiger partial charge on any atom is 0.115 e. The smallest absolute Gasteiger partial charge is 0.115 e. The highest BCUT2D eigenvalue weighted by atomic mass is 16.6. The largest absolute Gasteiger partial charge is 0.378 e. The molecule has 1 fully saturated rings. The lowest BCUT2D eigenvalue weighted by molar-refractivity contribution is -0.232. The van der Waals surface area contributed by atoms with E-state index in [9.17, 15) is 0 Å². The van der Waals surface area contributed by atoms with E-state index in [0.29, 0.717) is 18.4 Å². The van der Waals surface area contributed by atoms with Crippen LogP contribution in [0.3, 0.4) is 0 Å². The second-order valence-corrected chi connectivity index (χ2v) is 7.02. The van der Waals surface area contributed by atoms with Gasteiger partial charge in [0.15, 0.2) is 0 Å². The number of aryl methyl sites for hydroxylation is 1. The van der Waals surface area contributed by atoms with E-state index in [-0.39, 0.29) is 11.2 Å². The van der Waals surface area contributed by atoms with Crippen molar-refractivity contribution in [2.24, 2.45) is 11.8 Å². The summed E-state index contributed by atoms with van der Waals surface area (Å²) >= 11 is 0. The number of hydrogen-bond acceptors (Lipinski definition) is 3. The van der Waals surface area contributed by atoms with Gasteiger partial charge in [0.25, 0.3) is 0 Å². The number of hydrogen-bond donors (Lipinski definition) is 0. The van der Waals surface area contributed by atoms with Crippen molar-refractivity contribution in [3.05, 3.63) is 17.5 Å². The summed E-state index contributed by atoms with van der Waals surface area (Å²) in [6, 6.07) is 0. The fourth-order valence-electron chi connectivity index (χ4n) is 4.06. The maximum atomic E-state index is 6.83. The van der Waals surface area contributed by atoms with Crippen LogP contribution in [0, 0.1) is 18.8 Å². The number of fused-ring (bicyclic) bond motifs is 1. The lowest BCUT2D eigenvalue weighted by Gasteiger charge is -2.51. The molecule has 4 heteroatoms. The third kappa shape index (κ3) is 1.77. The number of aromatic nitrogens is 2. The summed E-state index contributed by atoms with van der Waals surface area (Å²) in [6.45, 7) is 13.5. The monoisotopic (exact) mass is 278 g/mol. The molecule has 0 amide bonds. The van der Waals surface area contributed by atoms with E-state index in [1.165, 1.54) is 11.3 Å². The summed E-state index contributed by atoms with van der Waals surface area (Å²) in [6.07, 6.45) is 2.94. The molecule has 20 heavy (non-hydrogen) atoms. The second kappa shape index (κ2) is 4.57. The van der Waals surface area contributed by atoms with Crippen molar-refractivity contribution in [1.29, 1.82) is 0 Å². The summed E-state index contributed by atoms with van der Waals surface area (Å²) in [4.78, 5) is 0. The summed E-state index contributed by atoms with van der Waals surface area (Å²) in [5.74, 6) is 0.795. The lowest BCUT2D eigenvalue weighted by atomic mass is 9.74. The van der Waals surface area contributed by atoms with Gasteiger partial charge in [0.2, 0.25) is 0 Å². The fourth-order valence-corrected chi connectivity index (χ4v) is 4.06. The molecule has 2 aliphatic heterocycles. The highest BCUT2D eigenvalue weighted by molar-refractivity contribution is 5.27. The Kier molecular flexibility index (Phi) is 3.22. The molecule has 2 aliphatic rings. The molecule has 0 radical (unpaired) electrons. The molecule has 1 aromatic rings. The van der Waals surface area contributed by atoms with Gasteiger partial charge in [-0.15, -0.1) is 0 Å². The molecule has 0 aromatic carbocycles.